The minimum atomic E-state index is -0.223. The fourth-order valence-electron chi connectivity index (χ4n) is 7.09. The van der Waals surface area contributed by atoms with Crippen LogP contribution in [-0.2, 0) is 0 Å². The van der Waals surface area contributed by atoms with Crippen LogP contribution in [0.25, 0.3) is 63.6 Å². The topological polar surface area (TPSA) is 3.24 Å². The van der Waals surface area contributed by atoms with Crippen molar-refractivity contribution in [2.45, 2.75) is 0 Å². The van der Waals surface area contributed by atoms with Gasteiger partial charge in [-0.05, 0) is 0 Å². The standard InChI is InChI=1S/C42H25INS/c1-2-11-28-23-29(19-17-26(28)9-1)44(30-20-22-37-36(24-30)41-31-12-4-3-10-27(31)18-21-38(41)43-37)39-25-35-33-14-7-8-16-40(33)45-42(35)34-15-6-5-13-32(34)39/h1-25H/q-1. The molecule has 0 amide bonds. The Hall–Kier alpha value is -4.71. The Morgan fingerprint density at radius 3 is 1.98 bits per heavy atom. The Morgan fingerprint density at radius 1 is 0.444 bits per heavy atom. The molecule has 2 heterocycles. The van der Waals surface area contributed by atoms with Crippen LogP contribution in [0.2, 0.25) is 0 Å². The van der Waals surface area contributed by atoms with E-state index in [1.807, 2.05) is 11.3 Å². The molecule has 0 aliphatic carbocycles. The molecule has 0 N–H and O–H groups in total. The van der Waals surface area contributed by atoms with Gasteiger partial charge in [0.05, 0.1) is 0 Å². The van der Waals surface area contributed by atoms with Crippen LogP contribution in [0.5, 0.6) is 0 Å². The number of hydrogen-bond donors (Lipinski definition) is 0. The number of halogens is 1. The van der Waals surface area contributed by atoms with Gasteiger partial charge >= 0.3 is 277 Å². The molecule has 3 heteroatoms. The second-order valence-electron chi connectivity index (χ2n) is 11.7. The van der Waals surface area contributed by atoms with Gasteiger partial charge in [0.1, 0.15) is 0 Å². The number of benzene rings is 8. The monoisotopic (exact) mass is 702 g/mol. The third-order valence-electron chi connectivity index (χ3n) is 9.15. The summed E-state index contributed by atoms with van der Waals surface area (Å²) >= 11 is 1.68. The summed E-state index contributed by atoms with van der Waals surface area (Å²) in [6, 6.07) is 56.6. The molecule has 8 aromatic carbocycles. The van der Waals surface area contributed by atoms with Crippen molar-refractivity contribution in [3.8, 4) is 11.1 Å². The SMILES string of the molecule is c1ccc2cc(N(c3ccc4c(c3)-c3c(ccc5ccccc35)[I-]4)c3cc4c5ccccc5sc4c4ccccc34)ccc2c1. The van der Waals surface area contributed by atoms with Crippen LogP contribution in [0, 0.1) is 7.14 Å². The zero-order valence-electron chi connectivity index (χ0n) is 24.2. The maximum absolute atomic E-state index is 2.50. The Bertz CT molecular complexity index is 2650. The minimum absolute atomic E-state index is 0.223. The molecule has 212 valence electrons. The van der Waals surface area contributed by atoms with Crippen molar-refractivity contribution in [3.63, 3.8) is 0 Å². The quantitative estimate of drug-likeness (QED) is 0.166. The normalized spacial score (nSPS) is 12.5. The second-order valence-corrected chi connectivity index (χ2v) is 15.6. The molecule has 9 aromatic rings. The number of nitrogens with zero attached hydrogens (tertiary/aromatic N) is 1. The van der Waals surface area contributed by atoms with Gasteiger partial charge in [0, 0.05) is 0 Å². The number of anilines is 3. The molecule has 0 atom stereocenters. The molecule has 10 rings (SSSR count). The number of fused-ring (bicyclic) bond motifs is 11. The first kappa shape index (κ1) is 25.6. The van der Waals surface area contributed by atoms with Crippen molar-refractivity contribution in [1.82, 2.24) is 0 Å². The predicted molar refractivity (Wildman–Crippen MR) is 189 cm³/mol. The summed E-state index contributed by atoms with van der Waals surface area (Å²) in [5, 5.41) is 10.4. The van der Waals surface area contributed by atoms with Gasteiger partial charge in [0.2, 0.25) is 0 Å². The van der Waals surface area contributed by atoms with Gasteiger partial charge in [-0.1, -0.05) is 0 Å². The summed E-state index contributed by atoms with van der Waals surface area (Å²) in [4.78, 5) is 2.50. The van der Waals surface area contributed by atoms with Crippen LogP contribution < -0.4 is 26.1 Å². The molecule has 0 saturated heterocycles. The number of hydrogen-bond acceptors (Lipinski definition) is 2. The molecule has 0 unspecified atom stereocenters. The zero-order valence-corrected chi connectivity index (χ0v) is 27.1. The van der Waals surface area contributed by atoms with Crippen molar-refractivity contribution in [2.75, 3.05) is 4.90 Å². The van der Waals surface area contributed by atoms with E-state index < -0.39 is 0 Å². The van der Waals surface area contributed by atoms with E-state index in [0.717, 1.165) is 0 Å². The third kappa shape index (κ3) is 3.90. The Balaban J connectivity index is 1.29. The fraction of sp³-hybridized carbons (Fsp3) is 0. The zero-order chi connectivity index (χ0) is 29.5. The van der Waals surface area contributed by atoms with Gasteiger partial charge in [0.25, 0.3) is 0 Å². The average molecular weight is 703 g/mol. The van der Waals surface area contributed by atoms with Crippen LogP contribution in [0.3, 0.4) is 0 Å². The molecule has 0 bridgehead atoms. The van der Waals surface area contributed by atoms with Crippen LogP contribution in [0.15, 0.2) is 152 Å². The van der Waals surface area contributed by atoms with Crippen LogP contribution >= 0.6 is 11.3 Å². The first-order valence-electron chi connectivity index (χ1n) is 15.2. The van der Waals surface area contributed by atoms with Crippen molar-refractivity contribution in [2.24, 2.45) is 0 Å². The first-order valence-corrected chi connectivity index (χ1v) is 18.2. The molecule has 1 aliphatic rings. The third-order valence-corrected chi connectivity index (χ3v) is 13.4. The molecular weight excluding hydrogens is 677 g/mol. The summed E-state index contributed by atoms with van der Waals surface area (Å²) in [5.74, 6) is 0. The molecule has 45 heavy (non-hydrogen) atoms. The van der Waals surface area contributed by atoms with Crippen molar-refractivity contribution >= 4 is 80.9 Å². The second kappa shape index (κ2) is 9.90. The van der Waals surface area contributed by atoms with Gasteiger partial charge < -0.3 is 0 Å². The summed E-state index contributed by atoms with van der Waals surface area (Å²) in [5.41, 5.74) is 6.40. The van der Waals surface area contributed by atoms with Gasteiger partial charge in [-0.2, -0.15) is 0 Å². The van der Waals surface area contributed by atoms with E-state index in [0.29, 0.717) is 0 Å². The van der Waals surface area contributed by atoms with E-state index in [4.69, 9.17) is 0 Å². The molecule has 0 saturated carbocycles. The molecule has 1 nitrogen and oxygen atoms in total. The van der Waals surface area contributed by atoms with E-state index in [2.05, 4.69) is 157 Å². The van der Waals surface area contributed by atoms with Gasteiger partial charge in [-0.25, -0.2) is 0 Å². The number of thiophene rings is 1. The van der Waals surface area contributed by atoms with Crippen molar-refractivity contribution < 1.29 is 21.2 Å². The molecule has 1 aliphatic heterocycles. The average Bonchev–Trinajstić information content (AvgIpc) is 3.67. The van der Waals surface area contributed by atoms with Gasteiger partial charge in [-0.15, -0.1) is 0 Å². The molecule has 0 spiro atoms. The van der Waals surface area contributed by atoms with E-state index in [9.17, 15) is 0 Å². The Kier molecular flexibility index (Phi) is 5.63. The van der Waals surface area contributed by atoms with Gasteiger partial charge in [0.15, 0.2) is 0 Å². The van der Waals surface area contributed by atoms with E-state index >= 15 is 0 Å². The molecule has 0 radical (unpaired) electrons. The van der Waals surface area contributed by atoms with Crippen molar-refractivity contribution in [3.05, 3.63) is 159 Å². The molecule has 0 fully saturated rings. The summed E-state index contributed by atoms with van der Waals surface area (Å²) in [6.45, 7) is 0. The molecule has 1 aromatic heterocycles. The van der Waals surface area contributed by atoms with E-state index in [-0.39, 0.29) is 21.2 Å². The maximum atomic E-state index is 2.50. The van der Waals surface area contributed by atoms with Crippen LogP contribution in [0.4, 0.5) is 17.1 Å². The molecular formula is C42H25INS-. The summed E-state index contributed by atoms with van der Waals surface area (Å²) < 4.78 is 5.71. The van der Waals surface area contributed by atoms with E-state index in [1.54, 1.807) is 0 Å². The predicted octanol–water partition coefficient (Wildman–Crippen LogP) is 9.09. The van der Waals surface area contributed by atoms with Gasteiger partial charge in [-0.3, -0.25) is 0 Å². The van der Waals surface area contributed by atoms with Crippen molar-refractivity contribution in [1.29, 1.82) is 0 Å². The van der Waals surface area contributed by atoms with Crippen LogP contribution in [0.1, 0.15) is 0 Å². The van der Waals surface area contributed by atoms with E-state index in [1.165, 1.54) is 87.8 Å². The summed E-state index contributed by atoms with van der Waals surface area (Å²) in [6.07, 6.45) is 0. The fourth-order valence-corrected chi connectivity index (χ4v) is 11.2. The first-order chi connectivity index (χ1) is 22.3. The number of rotatable bonds is 3. The Morgan fingerprint density at radius 2 is 1.09 bits per heavy atom. The Labute approximate surface area is 275 Å². The van der Waals surface area contributed by atoms with Crippen LogP contribution in [-0.4, -0.2) is 0 Å². The summed E-state index contributed by atoms with van der Waals surface area (Å²) in [7, 11) is 0.